The lowest BCUT2D eigenvalue weighted by atomic mass is 9.80. The molecule has 27 heavy (non-hydrogen) atoms. The number of methoxy groups -OCH3 is 1. The average Bonchev–Trinajstić information content (AvgIpc) is 2.66. The van der Waals surface area contributed by atoms with Crippen LogP contribution in [0.15, 0.2) is 53.4 Å². The fraction of sp³-hybridized carbons (Fsp3) is 0.350. The molecule has 0 spiro atoms. The lowest BCUT2D eigenvalue weighted by Gasteiger charge is -2.51. The van der Waals surface area contributed by atoms with Crippen molar-refractivity contribution in [2.24, 2.45) is 0 Å². The molecule has 2 bridgehead atoms. The number of fused-ring (bicyclic) bond motifs is 4. The third-order valence-electron chi connectivity index (χ3n) is 5.60. The molecular weight excluding hydrogens is 366 g/mol. The van der Waals surface area contributed by atoms with Crippen LogP contribution in [-0.2, 0) is 14.6 Å². The summed E-state index contributed by atoms with van der Waals surface area (Å²) < 4.78 is 38.2. The van der Waals surface area contributed by atoms with E-state index >= 15 is 0 Å². The molecule has 2 heterocycles. The smallest absolute Gasteiger partial charge is 0.244 e. The molecule has 3 unspecified atom stereocenters. The van der Waals surface area contributed by atoms with Crippen LogP contribution in [0.2, 0.25) is 0 Å². The maximum atomic E-state index is 13.4. The summed E-state index contributed by atoms with van der Waals surface area (Å²) in [7, 11) is -0.725. The van der Waals surface area contributed by atoms with Crippen molar-refractivity contribution in [2.45, 2.75) is 35.1 Å². The minimum atomic E-state index is -3.87. The van der Waals surface area contributed by atoms with Crippen molar-refractivity contribution >= 4 is 15.7 Å². The van der Waals surface area contributed by atoms with E-state index in [2.05, 4.69) is 0 Å². The van der Waals surface area contributed by atoms with E-state index in [4.69, 9.17) is 9.47 Å². The summed E-state index contributed by atoms with van der Waals surface area (Å²) in [5.74, 6) is 0.221. The number of hydrogen-bond acceptors (Lipinski definition) is 5. The highest BCUT2D eigenvalue weighted by molar-refractivity contribution is 7.92. The Balaban J connectivity index is 1.91. The van der Waals surface area contributed by atoms with Crippen LogP contribution in [0.4, 0.5) is 0 Å². The molecule has 1 saturated heterocycles. The quantitative estimate of drug-likeness (QED) is 0.809. The molecule has 0 saturated carbocycles. The van der Waals surface area contributed by atoms with E-state index < -0.39 is 32.6 Å². The van der Waals surface area contributed by atoms with Gasteiger partial charge >= 0.3 is 0 Å². The lowest BCUT2D eigenvalue weighted by molar-refractivity contribution is -0.159. The van der Waals surface area contributed by atoms with Crippen molar-refractivity contribution in [1.29, 1.82) is 0 Å². The second-order valence-electron chi connectivity index (χ2n) is 7.17. The standard InChI is InChI=1S/C20H21NO5S/c1-20-12-16(15-11-13(25-3)9-10-17(15)26-20)18(19(22)21(20)2)27(23,24)14-7-5-4-6-8-14/h4-11,16,18H,12H2,1-3H3. The molecule has 2 aliphatic rings. The predicted molar refractivity (Wildman–Crippen MR) is 99.6 cm³/mol. The van der Waals surface area contributed by atoms with E-state index in [0.717, 1.165) is 0 Å². The van der Waals surface area contributed by atoms with Crippen LogP contribution in [0.25, 0.3) is 0 Å². The molecule has 6 nitrogen and oxygen atoms in total. The van der Waals surface area contributed by atoms with Crippen molar-refractivity contribution in [1.82, 2.24) is 4.90 Å². The number of sulfone groups is 1. The molecule has 1 amide bonds. The summed E-state index contributed by atoms with van der Waals surface area (Å²) in [6.07, 6.45) is 0.395. The van der Waals surface area contributed by atoms with E-state index in [1.807, 2.05) is 6.92 Å². The summed E-state index contributed by atoms with van der Waals surface area (Å²) in [5.41, 5.74) is -0.191. The molecule has 1 fully saturated rings. The van der Waals surface area contributed by atoms with E-state index in [9.17, 15) is 13.2 Å². The zero-order valence-electron chi connectivity index (χ0n) is 15.4. The molecule has 7 heteroatoms. The van der Waals surface area contributed by atoms with Crippen LogP contribution in [0, 0.1) is 0 Å². The van der Waals surface area contributed by atoms with Gasteiger partial charge in [0.05, 0.1) is 12.0 Å². The highest BCUT2D eigenvalue weighted by Gasteiger charge is 2.57. The fourth-order valence-electron chi connectivity index (χ4n) is 4.01. The molecule has 2 aromatic carbocycles. The molecule has 0 aromatic heterocycles. The van der Waals surface area contributed by atoms with E-state index in [0.29, 0.717) is 23.5 Å². The molecule has 0 aliphatic carbocycles. The normalized spacial score (nSPS) is 26.9. The molecule has 142 valence electrons. The summed E-state index contributed by atoms with van der Waals surface area (Å²) >= 11 is 0. The van der Waals surface area contributed by atoms with E-state index in [-0.39, 0.29) is 4.90 Å². The van der Waals surface area contributed by atoms with Crippen LogP contribution < -0.4 is 9.47 Å². The van der Waals surface area contributed by atoms with Crippen LogP contribution in [0.5, 0.6) is 11.5 Å². The van der Waals surface area contributed by atoms with Crippen LogP contribution in [0.1, 0.15) is 24.8 Å². The number of hydrogen-bond donors (Lipinski definition) is 0. The first-order valence-corrected chi connectivity index (χ1v) is 10.3. The maximum absolute atomic E-state index is 13.4. The summed E-state index contributed by atoms with van der Waals surface area (Å²) in [4.78, 5) is 14.7. The van der Waals surface area contributed by atoms with Crippen LogP contribution >= 0.6 is 0 Å². The first-order valence-electron chi connectivity index (χ1n) is 8.71. The monoisotopic (exact) mass is 387 g/mol. The van der Waals surface area contributed by atoms with Gasteiger partial charge in [0, 0.05) is 24.9 Å². The van der Waals surface area contributed by atoms with Gasteiger partial charge in [-0.1, -0.05) is 18.2 Å². The van der Waals surface area contributed by atoms with Crippen molar-refractivity contribution in [3.8, 4) is 11.5 Å². The molecule has 2 aromatic rings. The molecule has 0 N–H and O–H groups in total. The Hall–Kier alpha value is -2.54. The Kier molecular flexibility index (Phi) is 3.96. The number of ether oxygens (including phenoxy) is 2. The van der Waals surface area contributed by atoms with Crippen LogP contribution in [-0.4, -0.2) is 44.4 Å². The summed E-state index contributed by atoms with van der Waals surface area (Å²) in [5, 5.41) is -1.20. The molecule has 0 radical (unpaired) electrons. The highest BCUT2D eigenvalue weighted by atomic mass is 32.2. The predicted octanol–water partition coefficient (Wildman–Crippen LogP) is 2.59. The van der Waals surface area contributed by atoms with Crippen molar-refractivity contribution in [2.75, 3.05) is 14.2 Å². The third-order valence-corrected chi connectivity index (χ3v) is 7.73. The third kappa shape index (κ3) is 2.60. The number of nitrogens with zero attached hydrogens (tertiary/aromatic N) is 1. The number of amides is 1. The molecule has 2 aliphatic heterocycles. The molecule has 3 atom stereocenters. The van der Waals surface area contributed by atoms with Gasteiger partial charge in [0.25, 0.3) is 0 Å². The Bertz CT molecular complexity index is 1000. The Morgan fingerprint density at radius 2 is 1.89 bits per heavy atom. The summed E-state index contributed by atoms with van der Waals surface area (Å²) in [6.45, 7) is 1.82. The molecular formula is C20H21NO5S. The minimum absolute atomic E-state index is 0.149. The molecule has 4 rings (SSSR count). The van der Waals surface area contributed by atoms with Gasteiger partial charge in [-0.15, -0.1) is 0 Å². The average molecular weight is 387 g/mol. The summed E-state index contributed by atoms with van der Waals surface area (Å²) in [6, 6.07) is 13.4. The van der Waals surface area contributed by atoms with Gasteiger partial charge in [-0.3, -0.25) is 4.79 Å². The van der Waals surface area contributed by atoms with Gasteiger partial charge in [-0.05, 0) is 37.3 Å². The topological polar surface area (TPSA) is 72.9 Å². The SMILES string of the molecule is COc1ccc2c(c1)C1CC(C)(O2)N(C)C(=O)C1S(=O)(=O)c1ccccc1. The van der Waals surface area contributed by atoms with Gasteiger partial charge in [0.1, 0.15) is 11.5 Å². The first kappa shape index (κ1) is 17.9. The van der Waals surface area contributed by atoms with Crippen molar-refractivity contribution < 1.29 is 22.7 Å². The van der Waals surface area contributed by atoms with Gasteiger partial charge in [0.2, 0.25) is 5.91 Å². The number of carbonyl (C=O) groups is 1. The van der Waals surface area contributed by atoms with Gasteiger partial charge in [-0.2, -0.15) is 0 Å². The van der Waals surface area contributed by atoms with E-state index in [1.54, 1.807) is 50.6 Å². The maximum Gasteiger partial charge on any atom is 0.244 e. The van der Waals surface area contributed by atoms with Crippen molar-refractivity contribution in [3.63, 3.8) is 0 Å². The first-order chi connectivity index (χ1) is 12.8. The minimum Gasteiger partial charge on any atom is -0.497 e. The fourth-order valence-corrected chi connectivity index (χ4v) is 5.94. The Labute approximate surface area is 158 Å². The number of piperidine rings is 1. The van der Waals surface area contributed by atoms with Gasteiger partial charge < -0.3 is 14.4 Å². The zero-order chi connectivity index (χ0) is 19.4. The van der Waals surface area contributed by atoms with Gasteiger partial charge in [0.15, 0.2) is 20.8 Å². The number of likely N-dealkylation sites (tertiary alicyclic amines) is 1. The Morgan fingerprint density at radius 1 is 1.19 bits per heavy atom. The zero-order valence-corrected chi connectivity index (χ0v) is 16.2. The highest BCUT2D eigenvalue weighted by Crippen LogP contribution is 2.50. The number of carbonyl (C=O) groups excluding carboxylic acids is 1. The Morgan fingerprint density at radius 3 is 2.56 bits per heavy atom. The lowest BCUT2D eigenvalue weighted by Crippen LogP contribution is -2.64. The van der Waals surface area contributed by atoms with Crippen LogP contribution in [0.3, 0.4) is 0 Å². The largest absolute Gasteiger partial charge is 0.497 e. The van der Waals surface area contributed by atoms with Gasteiger partial charge in [-0.25, -0.2) is 8.42 Å². The number of benzene rings is 2. The second kappa shape index (κ2) is 5.99. The second-order valence-corrected chi connectivity index (χ2v) is 9.24. The van der Waals surface area contributed by atoms with E-state index in [1.165, 1.54) is 17.0 Å². The number of rotatable bonds is 3. The van der Waals surface area contributed by atoms with Crippen molar-refractivity contribution in [3.05, 3.63) is 54.1 Å².